The van der Waals surface area contributed by atoms with Gasteiger partial charge < -0.3 is 5.73 Å². The lowest BCUT2D eigenvalue weighted by Gasteiger charge is -1.97. The van der Waals surface area contributed by atoms with Crippen LogP contribution in [0.25, 0.3) is 0 Å². The van der Waals surface area contributed by atoms with Gasteiger partial charge in [0.1, 0.15) is 0 Å². The number of anilines is 1. The van der Waals surface area contributed by atoms with Crippen LogP contribution < -0.4 is 5.73 Å². The topological polar surface area (TPSA) is 51.8 Å². The number of aromatic nitrogens is 2. The number of hydrogen-bond acceptors (Lipinski definition) is 5. The van der Waals surface area contributed by atoms with E-state index in [0.717, 1.165) is 5.56 Å². The van der Waals surface area contributed by atoms with Crippen LogP contribution in [0.2, 0.25) is 0 Å². The molecule has 70 valence electrons. The van der Waals surface area contributed by atoms with Gasteiger partial charge in [-0.25, -0.2) is 0 Å². The summed E-state index contributed by atoms with van der Waals surface area (Å²) in [5.74, 6) is 0. The van der Waals surface area contributed by atoms with Gasteiger partial charge in [-0.05, 0) is 5.56 Å². The van der Waals surface area contributed by atoms with Gasteiger partial charge in [0, 0.05) is 0 Å². The third-order valence-corrected chi connectivity index (χ3v) is 3.00. The molecule has 0 saturated carbocycles. The van der Waals surface area contributed by atoms with Crippen LogP contribution in [0.5, 0.6) is 0 Å². The smallest absolute Gasteiger partial charge is 0.203 e. The molecule has 0 spiro atoms. The number of benzene rings is 1. The van der Waals surface area contributed by atoms with Gasteiger partial charge in [0.2, 0.25) is 5.13 Å². The Kier molecular flexibility index (Phi) is 2.51. The highest BCUT2D eigenvalue weighted by molar-refractivity contribution is 7.81. The van der Waals surface area contributed by atoms with Crippen molar-refractivity contribution in [3.05, 3.63) is 40.9 Å². The molecule has 0 saturated heterocycles. The van der Waals surface area contributed by atoms with E-state index in [2.05, 4.69) is 10.2 Å². The van der Waals surface area contributed by atoms with Crippen molar-refractivity contribution >= 4 is 33.6 Å². The highest BCUT2D eigenvalue weighted by Crippen LogP contribution is 2.16. The van der Waals surface area contributed by atoms with Gasteiger partial charge in [0.05, 0.1) is 4.86 Å². The maximum absolute atomic E-state index is 5.48. The van der Waals surface area contributed by atoms with Gasteiger partial charge in [0.15, 0.2) is 5.01 Å². The van der Waals surface area contributed by atoms with Gasteiger partial charge in [-0.3, -0.25) is 0 Å². The molecule has 0 amide bonds. The summed E-state index contributed by atoms with van der Waals surface area (Å²) in [5.41, 5.74) is 6.45. The summed E-state index contributed by atoms with van der Waals surface area (Å²) in [6, 6.07) is 9.71. The van der Waals surface area contributed by atoms with Crippen molar-refractivity contribution in [2.45, 2.75) is 0 Å². The molecule has 3 nitrogen and oxygen atoms in total. The number of hydrogen-bond donors (Lipinski definition) is 1. The summed E-state index contributed by atoms with van der Waals surface area (Å²) in [6.07, 6.45) is 0. The lowest BCUT2D eigenvalue weighted by atomic mass is 10.2. The molecule has 2 N–H and O–H groups in total. The monoisotopic (exact) mass is 221 g/mol. The minimum Gasteiger partial charge on any atom is -0.374 e. The molecule has 0 atom stereocenters. The highest BCUT2D eigenvalue weighted by atomic mass is 32.1. The molecule has 1 aromatic carbocycles. The Labute approximate surface area is 90.6 Å². The van der Waals surface area contributed by atoms with Crippen molar-refractivity contribution in [2.75, 3.05) is 5.73 Å². The number of nitrogen functional groups attached to an aromatic ring is 1. The lowest BCUT2D eigenvalue weighted by molar-refractivity contribution is 1.09. The van der Waals surface area contributed by atoms with Crippen molar-refractivity contribution in [1.29, 1.82) is 0 Å². The Morgan fingerprint density at radius 1 is 1.21 bits per heavy atom. The second-order valence-corrected chi connectivity index (χ2v) is 4.06. The van der Waals surface area contributed by atoms with E-state index in [1.165, 1.54) is 11.3 Å². The normalized spacial score (nSPS) is 10.0. The molecular formula is C9H7N3S2. The Hall–Kier alpha value is -1.33. The molecule has 0 bridgehead atoms. The van der Waals surface area contributed by atoms with Crippen LogP contribution in [-0.2, 0) is 0 Å². The summed E-state index contributed by atoms with van der Waals surface area (Å²) in [6.45, 7) is 0. The zero-order valence-corrected chi connectivity index (χ0v) is 8.81. The second-order valence-electron chi connectivity index (χ2n) is 2.64. The van der Waals surface area contributed by atoms with E-state index in [4.69, 9.17) is 18.0 Å². The van der Waals surface area contributed by atoms with Crippen LogP contribution in [-0.4, -0.2) is 15.1 Å². The minimum absolute atomic E-state index is 0.443. The first-order valence-corrected chi connectivity index (χ1v) is 5.18. The molecular weight excluding hydrogens is 214 g/mol. The summed E-state index contributed by atoms with van der Waals surface area (Å²) in [5, 5.41) is 8.76. The van der Waals surface area contributed by atoms with Crippen LogP contribution in [0.15, 0.2) is 30.3 Å². The number of rotatable bonds is 2. The first-order valence-electron chi connectivity index (χ1n) is 3.96. The van der Waals surface area contributed by atoms with Crippen molar-refractivity contribution in [3.8, 4) is 0 Å². The van der Waals surface area contributed by atoms with Crippen molar-refractivity contribution in [3.63, 3.8) is 0 Å². The SMILES string of the molecule is Nc1nnc(C(=S)c2ccccc2)s1. The lowest BCUT2D eigenvalue weighted by Crippen LogP contribution is -1.98. The van der Waals surface area contributed by atoms with E-state index in [9.17, 15) is 0 Å². The first kappa shape index (κ1) is 9.23. The Morgan fingerprint density at radius 2 is 1.93 bits per heavy atom. The van der Waals surface area contributed by atoms with Crippen LogP contribution >= 0.6 is 23.6 Å². The number of nitrogens with zero attached hydrogens (tertiary/aromatic N) is 2. The average molecular weight is 221 g/mol. The fourth-order valence-corrected chi connectivity index (χ4v) is 1.91. The highest BCUT2D eigenvalue weighted by Gasteiger charge is 2.08. The zero-order chi connectivity index (χ0) is 9.97. The standard InChI is InChI=1S/C9H7N3S2/c10-9-12-11-8(14-9)7(13)6-4-2-1-3-5-6/h1-5H,(H2,10,12). The quantitative estimate of drug-likeness (QED) is 0.621. The van der Waals surface area contributed by atoms with Crippen LogP contribution in [0.1, 0.15) is 10.6 Å². The largest absolute Gasteiger partial charge is 0.374 e. The third-order valence-electron chi connectivity index (χ3n) is 1.67. The predicted octanol–water partition coefficient (Wildman–Crippen LogP) is 1.89. The fourth-order valence-electron chi connectivity index (χ4n) is 1.04. The molecule has 0 aliphatic carbocycles. The van der Waals surface area contributed by atoms with Gasteiger partial charge in [0.25, 0.3) is 0 Å². The molecule has 1 aromatic heterocycles. The Balaban J connectivity index is 2.34. The van der Waals surface area contributed by atoms with Gasteiger partial charge in [-0.1, -0.05) is 53.9 Å². The van der Waals surface area contributed by atoms with E-state index < -0.39 is 0 Å². The second kappa shape index (κ2) is 3.81. The molecule has 14 heavy (non-hydrogen) atoms. The zero-order valence-electron chi connectivity index (χ0n) is 7.18. The van der Waals surface area contributed by atoms with E-state index >= 15 is 0 Å². The van der Waals surface area contributed by atoms with Crippen LogP contribution in [0, 0.1) is 0 Å². The minimum atomic E-state index is 0.443. The van der Waals surface area contributed by atoms with E-state index in [0.29, 0.717) is 15.0 Å². The Morgan fingerprint density at radius 3 is 2.50 bits per heavy atom. The molecule has 5 heteroatoms. The molecule has 0 fully saturated rings. The van der Waals surface area contributed by atoms with Crippen LogP contribution in [0.3, 0.4) is 0 Å². The van der Waals surface area contributed by atoms with E-state index in [1.807, 2.05) is 30.3 Å². The summed E-state index contributed by atoms with van der Waals surface area (Å²) < 4.78 is 0. The summed E-state index contributed by atoms with van der Waals surface area (Å²) >= 11 is 6.56. The predicted molar refractivity (Wildman–Crippen MR) is 61.6 cm³/mol. The molecule has 2 aromatic rings. The maximum atomic E-state index is 5.48. The maximum Gasteiger partial charge on any atom is 0.203 e. The fraction of sp³-hybridized carbons (Fsp3) is 0. The molecule has 0 aliphatic heterocycles. The number of thiocarbonyl (C=S) groups is 1. The Bertz CT molecular complexity index is 450. The number of nitrogens with two attached hydrogens (primary N) is 1. The molecule has 2 rings (SSSR count). The van der Waals surface area contributed by atoms with Gasteiger partial charge in [-0.2, -0.15) is 0 Å². The molecule has 0 radical (unpaired) electrons. The van der Waals surface area contributed by atoms with Crippen molar-refractivity contribution < 1.29 is 0 Å². The summed E-state index contributed by atoms with van der Waals surface area (Å²) in [7, 11) is 0. The van der Waals surface area contributed by atoms with E-state index in [1.54, 1.807) is 0 Å². The van der Waals surface area contributed by atoms with Crippen molar-refractivity contribution in [1.82, 2.24) is 10.2 Å². The van der Waals surface area contributed by atoms with E-state index in [-0.39, 0.29) is 0 Å². The first-order chi connectivity index (χ1) is 6.77. The van der Waals surface area contributed by atoms with Gasteiger partial charge in [-0.15, -0.1) is 10.2 Å². The van der Waals surface area contributed by atoms with Gasteiger partial charge >= 0.3 is 0 Å². The molecule has 1 heterocycles. The molecule has 0 unspecified atom stereocenters. The van der Waals surface area contributed by atoms with Crippen LogP contribution in [0.4, 0.5) is 5.13 Å². The summed E-state index contributed by atoms with van der Waals surface area (Å²) in [4.78, 5) is 0.694. The third kappa shape index (κ3) is 1.78. The molecule has 0 aliphatic rings. The van der Waals surface area contributed by atoms with Crippen molar-refractivity contribution in [2.24, 2.45) is 0 Å². The average Bonchev–Trinajstić information content (AvgIpc) is 2.65.